The summed E-state index contributed by atoms with van der Waals surface area (Å²) < 4.78 is 13.4. The molecule has 146 valence electrons. The van der Waals surface area contributed by atoms with Crippen molar-refractivity contribution in [3.8, 4) is 0 Å². The van der Waals surface area contributed by atoms with Crippen LogP contribution in [0.1, 0.15) is 50.1 Å². The molecule has 0 unspecified atom stereocenters. The maximum Gasteiger partial charge on any atom is 0.213 e. The van der Waals surface area contributed by atoms with E-state index in [1.54, 1.807) is 6.07 Å². The summed E-state index contributed by atoms with van der Waals surface area (Å²) in [5.41, 5.74) is 3.36. The highest BCUT2D eigenvalue weighted by molar-refractivity contribution is 6.29. The van der Waals surface area contributed by atoms with Crippen LogP contribution in [0.2, 0.25) is 0 Å². The first-order valence-electron chi connectivity index (χ1n) is 9.94. The van der Waals surface area contributed by atoms with Crippen LogP contribution in [-0.2, 0) is 0 Å². The minimum absolute atomic E-state index is 0.331. The number of rotatable bonds is 2. The number of fused-ring (bicyclic) bond motifs is 1. The second-order valence-corrected chi connectivity index (χ2v) is 8.33. The van der Waals surface area contributed by atoms with Gasteiger partial charge in [-0.2, -0.15) is 9.49 Å². The number of pyridine rings is 1. The lowest BCUT2D eigenvalue weighted by Crippen LogP contribution is -2.35. The Labute approximate surface area is 169 Å². The predicted octanol–water partition coefficient (Wildman–Crippen LogP) is 4.38. The van der Waals surface area contributed by atoms with Crippen LogP contribution in [-0.4, -0.2) is 33.8 Å². The Morgan fingerprint density at radius 3 is 2.82 bits per heavy atom. The van der Waals surface area contributed by atoms with Crippen LogP contribution >= 0.6 is 11.6 Å². The van der Waals surface area contributed by atoms with Gasteiger partial charge in [0.15, 0.2) is 0 Å². The topological polar surface area (TPSA) is 43.8 Å². The van der Waals surface area contributed by atoms with E-state index in [9.17, 15) is 4.39 Å². The monoisotopic (exact) mass is 399 g/mol. The summed E-state index contributed by atoms with van der Waals surface area (Å²) in [5.74, 6) is 1.03. The van der Waals surface area contributed by atoms with Gasteiger partial charge in [0.05, 0.1) is 6.04 Å². The zero-order valence-electron chi connectivity index (χ0n) is 15.6. The molecular weight excluding hydrogens is 377 g/mol. The molecule has 0 saturated heterocycles. The fraction of sp³-hybridized carbons (Fsp3) is 0.429. The third-order valence-corrected chi connectivity index (χ3v) is 6.41. The number of nitrogens with one attached hydrogen (secondary N) is 1. The van der Waals surface area contributed by atoms with Gasteiger partial charge in [-0.3, -0.25) is 0 Å². The van der Waals surface area contributed by atoms with E-state index in [-0.39, 0.29) is 5.95 Å². The number of aromatic nitrogens is 1. The fourth-order valence-electron chi connectivity index (χ4n) is 4.58. The van der Waals surface area contributed by atoms with Crippen LogP contribution in [0.15, 0.2) is 57.7 Å². The molecule has 7 heteroatoms. The summed E-state index contributed by atoms with van der Waals surface area (Å²) in [6, 6.07) is 5.46. The SMILES string of the molecule is Fc1cccc([C@H]2CC[C@H](N3N=CN4CC5=C(C=C(Cl)CC5)NC=C43)CC2)n1. The van der Waals surface area contributed by atoms with E-state index in [0.29, 0.717) is 12.0 Å². The highest BCUT2D eigenvalue weighted by Crippen LogP contribution is 2.37. The quantitative estimate of drug-likeness (QED) is 0.749. The van der Waals surface area contributed by atoms with Crippen molar-refractivity contribution in [1.82, 2.24) is 20.2 Å². The van der Waals surface area contributed by atoms with Gasteiger partial charge in [-0.05, 0) is 62.3 Å². The van der Waals surface area contributed by atoms with Gasteiger partial charge in [-0.15, -0.1) is 0 Å². The van der Waals surface area contributed by atoms with Gasteiger partial charge in [0.1, 0.15) is 12.2 Å². The largest absolute Gasteiger partial charge is 0.358 e. The zero-order valence-corrected chi connectivity index (χ0v) is 16.4. The summed E-state index contributed by atoms with van der Waals surface area (Å²) in [6.45, 7) is 0.845. The van der Waals surface area contributed by atoms with Crippen LogP contribution in [0.5, 0.6) is 0 Å². The molecular formula is C21H23ClFN5. The summed E-state index contributed by atoms with van der Waals surface area (Å²) in [6.07, 6.45) is 11.9. The first-order valence-corrected chi connectivity index (χ1v) is 10.3. The molecule has 1 saturated carbocycles. The minimum atomic E-state index is -0.389. The van der Waals surface area contributed by atoms with Crippen molar-refractivity contribution in [2.45, 2.75) is 50.5 Å². The summed E-state index contributed by atoms with van der Waals surface area (Å²) >= 11 is 6.22. The maximum atomic E-state index is 13.4. The fourth-order valence-corrected chi connectivity index (χ4v) is 4.78. The van der Waals surface area contributed by atoms with Crippen LogP contribution in [0.3, 0.4) is 0 Å². The van der Waals surface area contributed by atoms with Crippen molar-refractivity contribution in [2.75, 3.05) is 6.54 Å². The standard InChI is InChI=1S/C21H23ClFN5/c22-16-7-4-15-12-27-13-25-28(21(27)11-24-19(15)10-16)17-8-5-14(6-9-17)18-2-1-3-20(23)26-18/h1-3,10-11,13-14,17,24H,4-9,12H2/t14-,17-. The van der Waals surface area contributed by atoms with E-state index in [1.807, 2.05) is 24.7 Å². The van der Waals surface area contributed by atoms with E-state index < -0.39 is 0 Å². The Morgan fingerprint density at radius 2 is 2.00 bits per heavy atom. The average Bonchev–Trinajstić information content (AvgIpc) is 3.02. The molecule has 0 atom stereocenters. The molecule has 1 N–H and O–H groups in total. The van der Waals surface area contributed by atoms with Crippen LogP contribution in [0.25, 0.3) is 0 Å². The summed E-state index contributed by atoms with van der Waals surface area (Å²) in [5, 5.41) is 11.2. The highest BCUT2D eigenvalue weighted by atomic mass is 35.5. The van der Waals surface area contributed by atoms with Gasteiger partial charge >= 0.3 is 0 Å². The van der Waals surface area contributed by atoms with Gasteiger partial charge in [0.25, 0.3) is 0 Å². The van der Waals surface area contributed by atoms with Crippen molar-refractivity contribution in [3.05, 3.63) is 64.2 Å². The Morgan fingerprint density at radius 1 is 1.14 bits per heavy atom. The Kier molecular flexibility index (Phi) is 4.59. The lowest BCUT2D eigenvalue weighted by atomic mass is 9.83. The molecule has 1 aromatic rings. The normalized spacial score (nSPS) is 26.9. The molecule has 0 spiro atoms. The van der Waals surface area contributed by atoms with Crippen molar-refractivity contribution in [3.63, 3.8) is 0 Å². The maximum absolute atomic E-state index is 13.4. The molecule has 2 aliphatic carbocycles. The highest BCUT2D eigenvalue weighted by Gasteiger charge is 2.34. The van der Waals surface area contributed by atoms with E-state index in [2.05, 4.69) is 20.2 Å². The van der Waals surface area contributed by atoms with Gasteiger partial charge in [-0.25, -0.2) is 9.99 Å². The molecule has 5 nitrogen and oxygen atoms in total. The average molecular weight is 400 g/mol. The number of hydrogen-bond acceptors (Lipinski definition) is 5. The van der Waals surface area contributed by atoms with Crippen molar-refractivity contribution in [2.24, 2.45) is 5.10 Å². The van der Waals surface area contributed by atoms with Gasteiger partial charge in [0, 0.05) is 35.1 Å². The Balaban J connectivity index is 1.27. The smallest absolute Gasteiger partial charge is 0.213 e. The van der Waals surface area contributed by atoms with E-state index in [4.69, 9.17) is 16.7 Å². The van der Waals surface area contributed by atoms with E-state index >= 15 is 0 Å². The molecule has 2 aliphatic heterocycles. The van der Waals surface area contributed by atoms with Crippen molar-refractivity contribution in [1.29, 1.82) is 0 Å². The van der Waals surface area contributed by atoms with Gasteiger partial charge in [-0.1, -0.05) is 17.7 Å². The van der Waals surface area contributed by atoms with Gasteiger partial charge in [0.2, 0.25) is 5.95 Å². The van der Waals surface area contributed by atoms with Gasteiger partial charge < -0.3 is 10.2 Å². The van der Waals surface area contributed by atoms with E-state index in [1.165, 1.54) is 11.6 Å². The minimum Gasteiger partial charge on any atom is -0.358 e. The lowest BCUT2D eigenvalue weighted by molar-refractivity contribution is 0.182. The summed E-state index contributed by atoms with van der Waals surface area (Å²) in [7, 11) is 0. The predicted molar refractivity (Wildman–Crippen MR) is 108 cm³/mol. The molecule has 0 aromatic carbocycles. The first-order chi connectivity index (χ1) is 13.7. The zero-order chi connectivity index (χ0) is 19.1. The van der Waals surface area contributed by atoms with Crippen molar-refractivity contribution < 1.29 is 4.39 Å². The van der Waals surface area contributed by atoms with Crippen LogP contribution < -0.4 is 5.32 Å². The number of nitrogens with zero attached hydrogens (tertiary/aromatic N) is 4. The number of halogens is 2. The molecule has 0 bridgehead atoms. The molecule has 4 aliphatic rings. The third kappa shape index (κ3) is 3.30. The van der Waals surface area contributed by atoms with Crippen LogP contribution in [0.4, 0.5) is 4.39 Å². The molecule has 1 aromatic heterocycles. The van der Waals surface area contributed by atoms with E-state index in [0.717, 1.165) is 67.3 Å². The number of allylic oxidation sites excluding steroid dienone is 2. The number of hydrazone groups is 1. The molecule has 0 amide bonds. The molecule has 28 heavy (non-hydrogen) atoms. The molecule has 5 rings (SSSR count). The second-order valence-electron chi connectivity index (χ2n) is 7.85. The summed E-state index contributed by atoms with van der Waals surface area (Å²) in [4.78, 5) is 6.29. The third-order valence-electron chi connectivity index (χ3n) is 6.11. The second kappa shape index (κ2) is 7.24. The molecule has 1 fully saturated rings. The van der Waals surface area contributed by atoms with Crippen molar-refractivity contribution >= 4 is 17.9 Å². The molecule has 3 heterocycles. The van der Waals surface area contributed by atoms with Crippen LogP contribution in [0, 0.1) is 5.95 Å². The molecule has 0 radical (unpaired) electrons. The Hall–Kier alpha value is -2.34. The number of hydrogen-bond donors (Lipinski definition) is 1. The Bertz CT molecular complexity index is 898. The first kappa shape index (κ1) is 17.7. The lowest BCUT2D eigenvalue weighted by Gasteiger charge is -2.34.